The number of methoxy groups -OCH3 is 1. The quantitative estimate of drug-likeness (QED) is 0.843. The Bertz CT molecular complexity index is 704. The van der Waals surface area contributed by atoms with Crippen molar-refractivity contribution in [2.75, 3.05) is 26.9 Å². The summed E-state index contributed by atoms with van der Waals surface area (Å²) in [5.41, 5.74) is 2.36. The topological polar surface area (TPSA) is 61.7 Å². The third kappa shape index (κ3) is 3.88. The number of fused-ring (bicyclic) bond motifs is 1. The summed E-state index contributed by atoms with van der Waals surface area (Å²) in [5.74, 6) is 0.829. The number of aromatic nitrogens is 1. The number of hydrogen-bond acceptors (Lipinski definition) is 4. The highest BCUT2D eigenvalue weighted by molar-refractivity contribution is 5.85. The summed E-state index contributed by atoms with van der Waals surface area (Å²) in [6.45, 7) is 4.34. The van der Waals surface area contributed by atoms with Crippen molar-refractivity contribution in [2.45, 2.75) is 32.6 Å². The second kappa shape index (κ2) is 7.68. The van der Waals surface area contributed by atoms with Gasteiger partial charge < -0.3 is 24.1 Å². The minimum atomic E-state index is -0.108. The molecule has 0 bridgehead atoms. The smallest absolute Gasteiger partial charge is 0.216 e. The Morgan fingerprint density at radius 1 is 1.38 bits per heavy atom. The van der Waals surface area contributed by atoms with Crippen LogP contribution in [0.3, 0.4) is 0 Å². The number of rotatable bonds is 7. The van der Waals surface area contributed by atoms with E-state index >= 15 is 0 Å². The van der Waals surface area contributed by atoms with E-state index in [0.717, 1.165) is 36.0 Å². The molecule has 1 amide bonds. The standard InChI is InChI=1S/C18H24N2O4/c1-13(21)19-7-5-14-12-20(8-6-18-23-9-10-24-18)17-4-3-15(22-2)11-16(14)17/h3-4,11-12,18H,5-10H2,1-2H3,(H,19,21). The van der Waals surface area contributed by atoms with Gasteiger partial charge in [0.05, 0.1) is 20.3 Å². The van der Waals surface area contributed by atoms with Crippen LogP contribution in [0.25, 0.3) is 10.9 Å². The molecule has 0 unspecified atom stereocenters. The van der Waals surface area contributed by atoms with Crippen LogP contribution >= 0.6 is 0 Å². The molecule has 0 atom stereocenters. The van der Waals surface area contributed by atoms with E-state index in [9.17, 15) is 4.79 Å². The molecule has 6 heteroatoms. The summed E-state index contributed by atoms with van der Waals surface area (Å²) in [6, 6.07) is 6.10. The third-order valence-electron chi connectivity index (χ3n) is 4.24. The average Bonchev–Trinajstić information content (AvgIpc) is 3.20. The van der Waals surface area contributed by atoms with Crippen LogP contribution in [0.5, 0.6) is 5.75 Å². The Balaban J connectivity index is 1.80. The molecule has 1 aromatic carbocycles. The predicted octanol–water partition coefficient (Wildman–Crippen LogP) is 2.09. The van der Waals surface area contributed by atoms with Crippen molar-refractivity contribution >= 4 is 16.8 Å². The van der Waals surface area contributed by atoms with Crippen LogP contribution in [-0.4, -0.2) is 43.6 Å². The molecule has 2 heterocycles. The van der Waals surface area contributed by atoms with Crippen molar-refractivity contribution < 1.29 is 19.0 Å². The van der Waals surface area contributed by atoms with Crippen molar-refractivity contribution in [3.05, 3.63) is 30.0 Å². The van der Waals surface area contributed by atoms with Crippen LogP contribution < -0.4 is 10.1 Å². The first-order valence-corrected chi connectivity index (χ1v) is 8.31. The van der Waals surface area contributed by atoms with Crippen LogP contribution in [0.4, 0.5) is 0 Å². The minimum absolute atomic E-state index is 0.00755. The lowest BCUT2D eigenvalue weighted by atomic mass is 10.1. The average molecular weight is 332 g/mol. The molecular weight excluding hydrogens is 308 g/mol. The number of nitrogens with one attached hydrogen (secondary N) is 1. The molecular formula is C18H24N2O4. The summed E-state index contributed by atoms with van der Waals surface area (Å²) in [5, 5.41) is 4.01. The van der Waals surface area contributed by atoms with Gasteiger partial charge >= 0.3 is 0 Å². The van der Waals surface area contributed by atoms with E-state index in [4.69, 9.17) is 14.2 Å². The van der Waals surface area contributed by atoms with Gasteiger partial charge in [-0.25, -0.2) is 0 Å². The zero-order valence-corrected chi connectivity index (χ0v) is 14.2. The molecule has 24 heavy (non-hydrogen) atoms. The number of aryl methyl sites for hydroxylation is 1. The van der Waals surface area contributed by atoms with E-state index in [1.807, 2.05) is 6.07 Å². The van der Waals surface area contributed by atoms with Gasteiger partial charge in [-0.1, -0.05) is 0 Å². The van der Waals surface area contributed by atoms with Gasteiger partial charge in [0.1, 0.15) is 5.75 Å². The number of ether oxygens (including phenoxy) is 3. The van der Waals surface area contributed by atoms with Crippen molar-refractivity contribution in [1.82, 2.24) is 9.88 Å². The Morgan fingerprint density at radius 2 is 2.17 bits per heavy atom. The van der Waals surface area contributed by atoms with Gasteiger partial charge in [0.15, 0.2) is 6.29 Å². The zero-order chi connectivity index (χ0) is 16.9. The molecule has 130 valence electrons. The van der Waals surface area contributed by atoms with Gasteiger partial charge in [-0.15, -0.1) is 0 Å². The second-order valence-corrected chi connectivity index (χ2v) is 5.92. The molecule has 1 saturated heterocycles. The number of carbonyl (C=O) groups is 1. The maximum absolute atomic E-state index is 11.1. The molecule has 1 aliphatic rings. The van der Waals surface area contributed by atoms with Crippen LogP contribution in [-0.2, 0) is 27.2 Å². The summed E-state index contributed by atoms with van der Waals surface area (Å²) >= 11 is 0. The number of hydrogen-bond donors (Lipinski definition) is 1. The zero-order valence-electron chi connectivity index (χ0n) is 14.2. The van der Waals surface area contributed by atoms with E-state index in [1.54, 1.807) is 7.11 Å². The van der Waals surface area contributed by atoms with Crippen LogP contribution in [0.1, 0.15) is 18.9 Å². The van der Waals surface area contributed by atoms with E-state index in [-0.39, 0.29) is 12.2 Å². The van der Waals surface area contributed by atoms with Gasteiger partial charge in [-0.3, -0.25) is 4.79 Å². The fourth-order valence-electron chi connectivity index (χ4n) is 3.05. The first-order chi connectivity index (χ1) is 11.7. The van der Waals surface area contributed by atoms with Crippen LogP contribution in [0.2, 0.25) is 0 Å². The molecule has 0 radical (unpaired) electrons. The Morgan fingerprint density at radius 3 is 2.88 bits per heavy atom. The molecule has 2 aromatic rings. The highest BCUT2D eigenvalue weighted by Gasteiger charge is 2.17. The van der Waals surface area contributed by atoms with Crippen molar-refractivity contribution in [2.24, 2.45) is 0 Å². The first-order valence-electron chi connectivity index (χ1n) is 8.31. The van der Waals surface area contributed by atoms with Crippen LogP contribution in [0.15, 0.2) is 24.4 Å². The summed E-state index contributed by atoms with van der Waals surface area (Å²) < 4.78 is 18.6. The molecule has 0 aliphatic carbocycles. The van der Waals surface area contributed by atoms with E-state index in [0.29, 0.717) is 19.8 Å². The molecule has 1 fully saturated rings. The van der Waals surface area contributed by atoms with Crippen molar-refractivity contribution in [3.63, 3.8) is 0 Å². The van der Waals surface area contributed by atoms with Crippen LogP contribution in [0, 0.1) is 0 Å². The Labute approximate surface area is 141 Å². The lowest BCUT2D eigenvalue weighted by Gasteiger charge is -2.10. The highest BCUT2D eigenvalue weighted by atomic mass is 16.7. The fourth-order valence-corrected chi connectivity index (χ4v) is 3.05. The molecule has 1 N–H and O–H groups in total. The molecule has 1 aliphatic heterocycles. The van der Waals surface area contributed by atoms with Gasteiger partial charge in [0, 0.05) is 43.5 Å². The fraction of sp³-hybridized carbons (Fsp3) is 0.500. The van der Waals surface area contributed by atoms with Gasteiger partial charge in [0.25, 0.3) is 0 Å². The first kappa shape index (κ1) is 16.8. The molecule has 0 saturated carbocycles. The molecule has 1 aromatic heterocycles. The van der Waals surface area contributed by atoms with Gasteiger partial charge in [0.2, 0.25) is 5.91 Å². The normalized spacial score (nSPS) is 15.1. The number of carbonyl (C=O) groups excluding carboxylic acids is 1. The second-order valence-electron chi connectivity index (χ2n) is 5.92. The van der Waals surface area contributed by atoms with Gasteiger partial charge in [-0.2, -0.15) is 0 Å². The van der Waals surface area contributed by atoms with Crippen molar-refractivity contribution in [3.8, 4) is 5.75 Å². The monoisotopic (exact) mass is 332 g/mol. The Hall–Kier alpha value is -2.05. The Kier molecular flexibility index (Phi) is 5.37. The molecule has 0 spiro atoms. The molecule has 6 nitrogen and oxygen atoms in total. The number of benzene rings is 1. The summed E-state index contributed by atoms with van der Waals surface area (Å²) in [6.07, 6.45) is 3.65. The molecule has 3 rings (SSSR count). The van der Waals surface area contributed by atoms with Crippen molar-refractivity contribution in [1.29, 1.82) is 0 Å². The SMILES string of the molecule is COc1ccc2c(c1)c(CCNC(C)=O)cn2CCC1OCCO1. The predicted molar refractivity (Wildman–Crippen MR) is 91.2 cm³/mol. The van der Waals surface area contributed by atoms with Gasteiger partial charge in [-0.05, 0) is 30.2 Å². The maximum atomic E-state index is 11.1. The maximum Gasteiger partial charge on any atom is 0.216 e. The van der Waals surface area contributed by atoms with E-state index < -0.39 is 0 Å². The lowest BCUT2D eigenvalue weighted by molar-refractivity contribution is -0.118. The lowest BCUT2D eigenvalue weighted by Crippen LogP contribution is -2.22. The third-order valence-corrected chi connectivity index (χ3v) is 4.24. The van der Waals surface area contributed by atoms with E-state index in [2.05, 4.69) is 28.2 Å². The highest BCUT2D eigenvalue weighted by Crippen LogP contribution is 2.27. The summed E-state index contributed by atoms with van der Waals surface area (Å²) in [7, 11) is 1.67. The minimum Gasteiger partial charge on any atom is -0.497 e. The van der Waals surface area contributed by atoms with E-state index in [1.165, 1.54) is 12.5 Å². The number of amides is 1. The largest absolute Gasteiger partial charge is 0.497 e. The number of nitrogens with zero attached hydrogens (tertiary/aromatic N) is 1. The summed E-state index contributed by atoms with van der Waals surface area (Å²) in [4.78, 5) is 11.1.